The van der Waals surface area contributed by atoms with E-state index in [2.05, 4.69) is 27.7 Å². The molecule has 27 heavy (non-hydrogen) atoms. The molecule has 0 aliphatic heterocycles. The first kappa shape index (κ1) is 22.5. The van der Waals surface area contributed by atoms with Crippen molar-refractivity contribution in [3.05, 3.63) is 11.8 Å². The third-order valence-corrected chi connectivity index (χ3v) is 7.30. The summed E-state index contributed by atoms with van der Waals surface area (Å²) in [5.41, 5.74) is 7.34. The zero-order valence-electron chi connectivity index (χ0n) is 18.3. The van der Waals surface area contributed by atoms with Crippen LogP contribution < -0.4 is 5.73 Å². The summed E-state index contributed by atoms with van der Waals surface area (Å²) in [4.78, 5) is 12.2. The summed E-state index contributed by atoms with van der Waals surface area (Å²) in [5.74, 6) is 3.26. The van der Waals surface area contributed by atoms with Crippen molar-refractivity contribution in [3.8, 4) is 0 Å². The van der Waals surface area contributed by atoms with Gasteiger partial charge in [0.2, 0.25) is 0 Å². The monoisotopic (exact) mass is 377 g/mol. The zero-order chi connectivity index (χ0) is 19.9. The Morgan fingerprint density at radius 2 is 1.78 bits per heavy atom. The summed E-state index contributed by atoms with van der Waals surface area (Å²) in [6, 6.07) is 0. The lowest BCUT2D eigenvalue weighted by Gasteiger charge is -2.46. The van der Waals surface area contributed by atoms with Crippen LogP contribution in [0.1, 0.15) is 91.9 Å². The molecule has 0 aromatic carbocycles. The molecule has 3 heteroatoms. The summed E-state index contributed by atoms with van der Waals surface area (Å²) in [7, 11) is 0. The Hall–Kier alpha value is -0.830. The van der Waals surface area contributed by atoms with Gasteiger partial charge in [0, 0.05) is 19.4 Å². The molecule has 2 rings (SSSR count). The molecule has 2 N–H and O–H groups in total. The van der Waals surface area contributed by atoms with Crippen molar-refractivity contribution in [3.63, 3.8) is 0 Å². The molecule has 0 heterocycles. The summed E-state index contributed by atoms with van der Waals surface area (Å²) in [5, 5.41) is 0. The zero-order valence-corrected chi connectivity index (χ0v) is 18.3. The highest BCUT2D eigenvalue weighted by atomic mass is 16.5. The van der Waals surface area contributed by atoms with Crippen molar-refractivity contribution in [1.82, 2.24) is 0 Å². The van der Waals surface area contributed by atoms with E-state index in [-0.39, 0.29) is 0 Å². The normalized spacial score (nSPS) is 34.9. The molecule has 0 saturated heterocycles. The standard InChI is InChI=1S/C24H43NO2/c1-18-10-12-20(17-27-16-15-25)7-6-14-24(3,4)23-19(2)11-13-21(26)8-5-9-22(18)23/h17-19,22-23H,5-16,25H2,1-4H3. The molecule has 2 aliphatic rings. The SMILES string of the molecule is CC1CCC(=COCCN)CCCC(C)(C)C2C(C)CCC(=O)CCCC12. The average molecular weight is 378 g/mol. The van der Waals surface area contributed by atoms with Crippen LogP contribution in [0.25, 0.3) is 0 Å². The van der Waals surface area contributed by atoms with Gasteiger partial charge < -0.3 is 10.5 Å². The molecular formula is C24H43NO2. The van der Waals surface area contributed by atoms with Gasteiger partial charge in [0.25, 0.3) is 0 Å². The van der Waals surface area contributed by atoms with Gasteiger partial charge in [-0.05, 0) is 86.0 Å². The maximum Gasteiger partial charge on any atom is 0.132 e. The van der Waals surface area contributed by atoms with Gasteiger partial charge >= 0.3 is 0 Å². The third kappa shape index (κ3) is 6.62. The molecule has 4 unspecified atom stereocenters. The van der Waals surface area contributed by atoms with Crippen LogP contribution in [0, 0.1) is 29.1 Å². The fourth-order valence-electron chi connectivity index (χ4n) is 5.87. The Morgan fingerprint density at radius 3 is 2.52 bits per heavy atom. The number of Topliss-reactive ketones (excluding diaryl/α,β-unsaturated/α-hetero) is 1. The quantitative estimate of drug-likeness (QED) is 0.494. The molecular weight excluding hydrogens is 334 g/mol. The molecule has 4 atom stereocenters. The minimum Gasteiger partial charge on any atom is -0.500 e. The van der Waals surface area contributed by atoms with Crippen LogP contribution in [0.3, 0.4) is 0 Å². The topological polar surface area (TPSA) is 52.3 Å². The fourth-order valence-corrected chi connectivity index (χ4v) is 5.87. The predicted octanol–water partition coefficient (Wildman–Crippen LogP) is 5.87. The molecule has 0 radical (unpaired) electrons. The number of allylic oxidation sites excluding steroid dienone is 1. The first-order valence-electron chi connectivity index (χ1n) is 11.4. The molecule has 0 bridgehead atoms. The minimum absolute atomic E-state index is 0.326. The molecule has 0 spiro atoms. The lowest BCUT2D eigenvalue weighted by molar-refractivity contribution is -0.119. The van der Waals surface area contributed by atoms with Crippen LogP contribution in [-0.4, -0.2) is 18.9 Å². The van der Waals surface area contributed by atoms with E-state index in [1.165, 1.54) is 31.3 Å². The number of carbonyl (C=O) groups is 1. The van der Waals surface area contributed by atoms with Gasteiger partial charge in [0.05, 0.1) is 12.9 Å². The molecule has 0 amide bonds. The number of hydrogen-bond acceptors (Lipinski definition) is 3. The summed E-state index contributed by atoms with van der Waals surface area (Å²) < 4.78 is 5.64. The van der Waals surface area contributed by atoms with E-state index in [4.69, 9.17) is 10.5 Å². The predicted molar refractivity (Wildman–Crippen MR) is 113 cm³/mol. The van der Waals surface area contributed by atoms with Gasteiger partial charge in [-0.1, -0.05) is 27.7 Å². The van der Waals surface area contributed by atoms with Gasteiger partial charge in [-0.15, -0.1) is 0 Å². The largest absolute Gasteiger partial charge is 0.500 e. The third-order valence-electron chi connectivity index (χ3n) is 7.30. The number of nitrogens with two attached hydrogens (primary N) is 1. The lowest BCUT2D eigenvalue weighted by atomic mass is 9.59. The minimum atomic E-state index is 0.326. The molecule has 0 aromatic rings. The number of carbonyl (C=O) groups excluding carboxylic acids is 1. The van der Waals surface area contributed by atoms with Crippen LogP contribution in [0.2, 0.25) is 0 Å². The molecule has 2 saturated carbocycles. The van der Waals surface area contributed by atoms with E-state index in [1.54, 1.807) is 0 Å². The first-order chi connectivity index (χ1) is 12.8. The number of ether oxygens (including phenoxy) is 1. The van der Waals surface area contributed by atoms with Crippen molar-refractivity contribution in [2.75, 3.05) is 13.2 Å². The summed E-state index contributed by atoms with van der Waals surface area (Å²) >= 11 is 0. The van der Waals surface area contributed by atoms with Crippen LogP contribution in [-0.2, 0) is 9.53 Å². The van der Waals surface area contributed by atoms with E-state index >= 15 is 0 Å². The fraction of sp³-hybridized carbons (Fsp3) is 0.875. The second-order valence-corrected chi connectivity index (χ2v) is 9.93. The van der Waals surface area contributed by atoms with Gasteiger partial charge in [-0.25, -0.2) is 0 Å². The van der Waals surface area contributed by atoms with Crippen LogP contribution in [0.4, 0.5) is 0 Å². The van der Waals surface area contributed by atoms with Gasteiger partial charge in [-0.3, -0.25) is 4.79 Å². The second kappa shape index (κ2) is 10.6. The van der Waals surface area contributed by atoms with Crippen LogP contribution in [0.5, 0.6) is 0 Å². The van der Waals surface area contributed by atoms with Crippen molar-refractivity contribution in [2.24, 2.45) is 34.8 Å². The highest BCUT2D eigenvalue weighted by Crippen LogP contribution is 2.49. The van der Waals surface area contributed by atoms with Gasteiger partial charge in [0.1, 0.15) is 5.78 Å². The summed E-state index contributed by atoms with van der Waals surface area (Å²) in [6.45, 7) is 11.0. The number of hydrogen-bond donors (Lipinski definition) is 1. The van der Waals surface area contributed by atoms with E-state index in [1.807, 2.05) is 6.26 Å². The highest BCUT2D eigenvalue weighted by Gasteiger charge is 2.41. The maximum absolute atomic E-state index is 12.2. The lowest BCUT2D eigenvalue weighted by Crippen LogP contribution is -2.39. The van der Waals surface area contributed by atoms with Crippen molar-refractivity contribution >= 4 is 5.78 Å². The van der Waals surface area contributed by atoms with E-state index in [9.17, 15) is 4.79 Å². The Kier molecular flexibility index (Phi) is 8.85. The molecule has 156 valence electrons. The number of fused-ring (bicyclic) bond motifs is 1. The Bertz CT molecular complexity index is 497. The van der Waals surface area contributed by atoms with Crippen molar-refractivity contribution in [1.29, 1.82) is 0 Å². The number of ketones is 1. The van der Waals surface area contributed by atoms with Crippen LogP contribution >= 0.6 is 0 Å². The smallest absolute Gasteiger partial charge is 0.132 e. The van der Waals surface area contributed by atoms with Crippen molar-refractivity contribution in [2.45, 2.75) is 91.9 Å². The Labute approximate surface area is 167 Å². The first-order valence-corrected chi connectivity index (χ1v) is 11.4. The average Bonchev–Trinajstić information content (AvgIpc) is 2.68. The van der Waals surface area contributed by atoms with Gasteiger partial charge in [-0.2, -0.15) is 0 Å². The van der Waals surface area contributed by atoms with E-state index < -0.39 is 0 Å². The molecule has 2 aliphatic carbocycles. The maximum atomic E-state index is 12.2. The van der Waals surface area contributed by atoms with E-state index in [0.717, 1.165) is 50.4 Å². The summed E-state index contributed by atoms with van der Waals surface area (Å²) in [6.07, 6.45) is 13.0. The molecule has 3 nitrogen and oxygen atoms in total. The molecule has 2 fully saturated rings. The van der Waals surface area contributed by atoms with E-state index in [0.29, 0.717) is 36.2 Å². The molecule has 0 aromatic heterocycles. The second-order valence-electron chi connectivity index (χ2n) is 9.93. The Morgan fingerprint density at radius 1 is 1.04 bits per heavy atom. The number of rotatable bonds is 3. The van der Waals surface area contributed by atoms with Crippen molar-refractivity contribution < 1.29 is 9.53 Å². The van der Waals surface area contributed by atoms with Gasteiger partial charge in [0.15, 0.2) is 0 Å². The Balaban J connectivity index is 2.22. The van der Waals surface area contributed by atoms with Crippen LogP contribution in [0.15, 0.2) is 11.8 Å². The highest BCUT2D eigenvalue weighted by molar-refractivity contribution is 5.78.